The summed E-state index contributed by atoms with van der Waals surface area (Å²) in [7, 11) is 0. The molecule has 1 aromatic carbocycles. The summed E-state index contributed by atoms with van der Waals surface area (Å²) in [4.78, 5) is 16.0. The number of aromatic nitrogens is 1. The van der Waals surface area contributed by atoms with E-state index in [2.05, 4.69) is 15.6 Å². The van der Waals surface area contributed by atoms with Gasteiger partial charge in [-0.25, -0.2) is 14.2 Å². The summed E-state index contributed by atoms with van der Waals surface area (Å²) >= 11 is 1.51. The van der Waals surface area contributed by atoms with Crippen molar-refractivity contribution in [2.75, 3.05) is 11.9 Å². The van der Waals surface area contributed by atoms with Crippen molar-refractivity contribution in [2.24, 2.45) is 0 Å². The normalized spacial score (nSPS) is 10.5. The lowest BCUT2D eigenvalue weighted by molar-refractivity contribution is 0.252. The van der Waals surface area contributed by atoms with Gasteiger partial charge in [0, 0.05) is 23.9 Å². The van der Waals surface area contributed by atoms with Gasteiger partial charge in [0.1, 0.15) is 11.6 Å². The van der Waals surface area contributed by atoms with E-state index in [1.165, 1.54) is 29.7 Å². The van der Waals surface area contributed by atoms with Crippen molar-refractivity contribution in [1.82, 2.24) is 10.3 Å². The molecule has 0 atom stereocenters. The molecule has 0 spiro atoms. The van der Waals surface area contributed by atoms with Crippen LogP contribution in [-0.2, 0) is 6.42 Å². The maximum atomic E-state index is 13.8. The van der Waals surface area contributed by atoms with Crippen LogP contribution in [0.25, 0.3) is 11.3 Å². The van der Waals surface area contributed by atoms with Crippen LogP contribution < -0.4 is 10.6 Å². The number of rotatable bonds is 5. The fourth-order valence-corrected chi connectivity index (χ4v) is 2.64. The maximum Gasteiger partial charge on any atom is 0.319 e. The molecule has 0 aliphatic carbocycles. The number of nitrogens with one attached hydrogen (secondary N) is 2. The molecule has 0 aliphatic heterocycles. The molecule has 2 heterocycles. The van der Waals surface area contributed by atoms with E-state index in [4.69, 9.17) is 4.42 Å². The van der Waals surface area contributed by atoms with Crippen LogP contribution in [0.5, 0.6) is 0 Å². The number of hydrogen-bond donors (Lipinski definition) is 2. The Hall–Kier alpha value is -2.67. The van der Waals surface area contributed by atoms with Gasteiger partial charge in [-0.3, -0.25) is 0 Å². The number of amides is 2. The average molecular weight is 331 g/mol. The lowest BCUT2D eigenvalue weighted by atomic mass is 10.1. The standard InChI is InChI=1S/C16H14FN3O2S/c17-13-4-3-11(15-2-1-7-22-15)8-14(13)20-16(21)18-6-5-12-9-23-10-19-12/h1-4,7-10H,5-6H2,(H2,18,20,21). The minimum Gasteiger partial charge on any atom is -0.464 e. The van der Waals surface area contributed by atoms with Crippen molar-refractivity contribution >= 4 is 23.1 Å². The van der Waals surface area contributed by atoms with Crippen LogP contribution in [0.3, 0.4) is 0 Å². The monoisotopic (exact) mass is 331 g/mol. The van der Waals surface area contributed by atoms with E-state index in [0.717, 1.165) is 5.69 Å². The molecular formula is C16H14FN3O2S. The van der Waals surface area contributed by atoms with Crippen LogP contribution in [0, 0.1) is 5.82 Å². The highest BCUT2D eigenvalue weighted by molar-refractivity contribution is 7.07. The highest BCUT2D eigenvalue weighted by Gasteiger charge is 2.10. The SMILES string of the molecule is O=C(NCCc1cscn1)Nc1cc(-c2ccco2)ccc1F. The quantitative estimate of drug-likeness (QED) is 0.745. The van der Waals surface area contributed by atoms with Crippen molar-refractivity contribution in [3.05, 3.63) is 59.0 Å². The van der Waals surface area contributed by atoms with Gasteiger partial charge in [-0.2, -0.15) is 0 Å². The zero-order chi connectivity index (χ0) is 16.1. The van der Waals surface area contributed by atoms with Crippen molar-refractivity contribution in [1.29, 1.82) is 0 Å². The predicted octanol–water partition coefficient (Wildman–Crippen LogP) is 3.91. The number of carbonyl (C=O) groups is 1. The van der Waals surface area contributed by atoms with Gasteiger partial charge in [-0.05, 0) is 30.3 Å². The van der Waals surface area contributed by atoms with E-state index in [1.54, 1.807) is 23.7 Å². The number of nitrogens with zero attached hydrogens (tertiary/aromatic N) is 1. The Balaban J connectivity index is 1.60. The third-order valence-electron chi connectivity index (χ3n) is 3.17. The van der Waals surface area contributed by atoms with Gasteiger partial charge < -0.3 is 15.1 Å². The van der Waals surface area contributed by atoms with E-state index in [0.29, 0.717) is 24.3 Å². The van der Waals surface area contributed by atoms with Crippen LogP contribution >= 0.6 is 11.3 Å². The van der Waals surface area contributed by atoms with Gasteiger partial charge in [-0.15, -0.1) is 11.3 Å². The molecule has 0 saturated carbocycles. The van der Waals surface area contributed by atoms with Gasteiger partial charge in [0.2, 0.25) is 0 Å². The molecule has 0 unspecified atom stereocenters. The number of urea groups is 1. The van der Waals surface area contributed by atoms with E-state index < -0.39 is 11.8 Å². The van der Waals surface area contributed by atoms with Gasteiger partial charge in [0.25, 0.3) is 0 Å². The Labute approximate surface area is 136 Å². The molecular weight excluding hydrogens is 317 g/mol. The zero-order valence-electron chi connectivity index (χ0n) is 12.1. The average Bonchev–Trinajstić information content (AvgIpc) is 3.22. The number of thiazole rings is 1. The van der Waals surface area contributed by atoms with Crippen LogP contribution in [0.15, 0.2) is 51.9 Å². The van der Waals surface area contributed by atoms with Crippen LogP contribution in [0.2, 0.25) is 0 Å². The van der Waals surface area contributed by atoms with E-state index >= 15 is 0 Å². The lowest BCUT2D eigenvalue weighted by Gasteiger charge is -2.09. The summed E-state index contributed by atoms with van der Waals surface area (Å²) in [6, 6.07) is 7.48. The maximum absolute atomic E-state index is 13.8. The van der Waals surface area contributed by atoms with Crippen LogP contribution in [0.4, 0.5) is 14.9 Å². The molecule has 0 aliphatic rings. The molecule has 2 aromatic heterocycles. The largest absolute Gasteiger partial charge is 0.464 e. The number of halogens is 1. The van der Waals surface area contributed by atoms with Gasteiger partial charge in [0.15, 0.2) is 0 Å². The van der Waals surface area contributed by atoms with Crippen molar-refractivity contribution < 1.29 is 13.6 Å². The molecule has 2 amide bonds. The number of hydrogen-bond acceptors (Lipinski definition) is 4. The van der Waals surface area contributed by atoms with E-state index in [1.807, 2.05) is 5.38 Å². The second-order valence-electron chi connectivity index (χ2n) is 4.78. The molecule has 0 fully saturated rings. The first-order valence-corrected chi connectivity index (χ1v) is 7.92. The lowest BCUT2D eigenvalue weighted by Crippen LogP contribution is -2.30. The summed E-state index contributed by atoms with van der Waals surface area (Å²) in [6.07, 6.45) is 2.17. The van der Waals surface area contributed by atoms with Crippen LogP contribution in [0.1, 0.15) is 5.69 Å². The number of carbonyl (C=O) groups excluding carboxylic acids is 1. The minimum absolute atomic E-state index is 0.102. The third kappa shape index (κ3) is 3.95. The van der Waals surface area contributed by atoms with Crippen LogP contribution in [-0.4, -0.2) is 17.6 Å². The molecule has 0 radical (unpaired) electrons. The van der Waals surface area contributed by atoms with Gasteiger partial charge >= 0.3 is 6.03 Å². The Kier molecular flexibility index (Phi) is 4.68. The summed E-state index contributed by atoms with van der Waals surface area (Å²) in [5.41, 5.74) is 3.45. The molecule has 23 heavy (non-hydrogen) atoms. The van der Waals surface area contributed by atoms with Crippen molar-refractivity contribution in [2.45, 2.75) is 6.42 Å². The van der Waals surface area contributed by atoms with Crippen molar-refractivity contribution in [3.8, 4) is 11.3 Å². The third-order valence-corrected chi connectivity index (χ3v) is 3.81. The number of benzene rings is 1. The first kappa shape index (κ1) is 15.2. The zero-order valence-corrected chi connectivity index (χ0v) is 12.9. The Morgan fingerprint density at radius 3 is 3.00 bits per heavy atom. The first-order valence-electron chi connectivity index (χ1n) is 6.98. The first-order chi connectivity index (χ1) is 11.2. The fourth-order valence-electron chi connectivity index (χ4n) is 2.05. The Bertz CT molecular complexity index is 773. The summed E-state index contributed by atoms with van der Waals surface area (Å²) in [6.45, 7) is 0.426. The molecule has 5 nitrogen and oxygen atoms in total. The second-order valence-corrected chi connectivity index (χ2v) is 5.50. The van der Waals surface area contributed by atoms with E-state index in [9.17, 15) is 9.18 Å². The van der Waals surface area contributed by atoms with Crippen molar-refractivity contribution in [3.63, 3.8) is 0 Å². The highest BCUT2D eigenvalue weighted by Crippen LogP contribution is 2.25. The molecule has 0 bridgehead atoms. The molecule has 7 heteroatoms. The topological polar surface area (TPSA) is 67.2 Å². The minimum atomic E-state index is -0.505. The molecule has 3 rings (SSSR count). The summed E-state index contributed by atoms with van der Waals surface area (Å²) < 4.78 is 19.1. The number of anilines is 1. The molecule has 0 saturated heterocycles. The Morgan fingerprint density at radius 1 is 1.35 bits per heavy atom. The van der Waals surface area contributed by atoms with E-state index in [-0.39, 0.29) is 5.69 Å². The molecule has 2 N–H and O–H groups in total. The Morgan fingerprint density at radius 2 is 2.26 bits per heavy atom. The number of furan rings is 1. The summed E-state index contributed by atoms with van der Waals surface area (Å²) in [5.74, 6) is 0.104. The smallest absolute Gasteiger partial charge is 0.319 e. The van der Waals surface area contributed by atoms with Gasteiger partial charge in [-0.1, -0.05) is 0 Å². The highest BCUT2D eigenvalue weighted by atomic mass is 32.1. The molecule has 3 aromatic rings. The fraction of sp³-hybridized carbons (Fsp3) is 0.125. The predicted molar refractivity (Wildman–Crippen MR) is 86.9 cm³/mol. The molecule has 118 valence electrons. The van der Waals surface area contributed by atoms with Gasteiger partial charge in [0.05, 0.1) is 23.2 Å². The second kappa shape index (κ2) is 7.06. The summed E-state index contributed by atoms with van der Waals surface area (Å²) in [5, 5.41) is 7.11.